The van der Waals surface area contributed by atoms with Gasteiger partial charge in [-0.3, -0.25) is 0 Å². The number of ether oxygens (including phenoxy) is 2. The molecule has 0 saturated carbocycles. The smallest absolute Gasteiger partial charge is 0.339 e. The van der Waals surface area contributed by atoms with Crippen LogP contribution in [0.5, 0.6) is 11.5 Å². The third kappa shape index (κ3) is 14.0. The summed E-state index contributed by atoms with van der Waals surface area (Å²) < 4.78 is 12.7. The largest absolute Gasteiger partial charge is 0.493 e. The Hall–Kier alpha value is -1.75. The molecule has 0 aliphatic rings. The second-order valence-corrected chi connectivity index (χ2v) is 9.56. The molecule has 0 fully saturated rings. The van der Waals surface area contributed by atoms with E-state index in [0.29, 0.717) is 24.7 Å². The Balaban J connectivity index is 2.29. The molecule has 0 saturated heterocycles. The van der Waals surface area contributed by atoms with E-state index >= 15 is 0 Å². The maximum Gasteiger partial charge on any atom is 0.339 e. The number of unbranched alkanes of at least 4 members (excludes halogenated alkanes) is 10. The molecule has 1 aromatic rings. The molecule has 0 aliphatic carbocycles. The molecule has 5 heteroatoms. The normalized spacial score (nSPS) is 11.5. The number of hydrogen-bond donors (Lipinski definition) is 1. The van der Waals surface area contributed by atoms with Crippen LogP contribution in [0.15, 0.2) is 18.2 Å². The van der Waals surface area contributed by atoms with Gasteiger partial charge in [-0.05, 0) is 37.8 Å². The highest BCUT2D eigenvalue weighted by Gasteiger charge is 2.13. The molecule has 0 amide bonds. The van der Waals surface area contributed by atoms with E-state index in [1.54, 1.807) is 18.2 Å². The van der Waals surface area contributed by atoms with Gasteiger partial charge < -0.3 is 19.1 Å². The van der Waals surface area contributed by atoms with Gasteiger partial charge in [-0.2, -0.15) is 0 Å². The summed E-state index contributed by atoms with van der Waals surface area (Å²) in [5.41, 5.74) is 0.201. The van der Waals surface area contributed by atoms with Gasteiger partial charge in [0.25, 0.3) is 0 Å². The number of benzene rings is 1. The van der Waals surface area contributed by atoms with Crippen LogP contribution in [0.4, 0.5) is 0 Å². The van der Waals surface area contributed by atoms with Crippen LogP contribution in [0.25, 0.3) is 0 Å². The molecule has 1 N–H and O–H groups in total. The highest BCUT2D eigenvalue weighted by molar-refractivity contribution is 5.91. The lowest BCUT2D eigenvalue weighted by Crippen LogP contribution is -2.35. The Labute approximate surface area is 190 Å². The zero-order valence-electron chi connectivity index (χ0n) is 20.5. The molecule has 178 valence electrons. The van der Waals surface area contributed by atoms with Crippen LogP contribution in [-0.4, -0.2) is 56.5 Å². The van der Waals surface area contributed by atoms with Gasteiger partial charge in [0.1, 0.15) is 17.1 Å². The first-order chi connectivity index (χ1) is 14.8. The quantitative estimate of drug-likeness (QED) is 0.197. The van der Waals surface area contributed by atoms with Gasteiger partial charge in [0.05, 0.1) is 40.9 Å². The topological polar surface area (TPSA) is 55.8 Å². The molecule has 0 atom stereocenters. The maximum absolute atomic E-state index is 11.5. The van der Waals surface area contributed by atoms with Crippen LogP contribution in [0.3, 0.4) is 0 Å². The summed E-state index contributed by atoms with van der Waals surface area (Å²) in [4.78, 5) is 11.5. The Bertz CT molecular complexity index is 610. The molecule has 0 heterocycles. The van der Waals surface area contributed by atoms with Gasteiger partial charge in [0, 0.05) is 6.07 Å². The molecule has 0 bridgehead atoms. The second-order valence-electron chi connectivity index (χ2n) is 9.56. The van der Waals surface area contributed by atoms with E-state index in [1.807, 2.05) is 0 Å². The van der Waals surface area contributed by atoms with E-state index in [2.05, 4.69) is 28.1 Å². The van der Waals surface area contributed by atoms with Crippen LogP contribution < -0.4 is 9.47 Å². The molecule has 0 unspecified atom stereocenters. The van der Waals surface area contributed by atoms with Crippen molar-refractivity contribution < 1.29 is 23.9 Å². The first kappa shape index (κ1) is 27.3. The van der Waals surface area contributed by atoms with Crippen molar-refractivity contribution in [3.63, 3.8) is 0 Å². The zero-order chi connectivity index (χ0) is 23.0. The van der Waals surface area contributed by atoms with Gasteiger partial charge in [-0.1, -0.05) is 58.3 Å². The minimum atomic E-state index is -0.963. The first-order valence-corrected chi connectivity index (χ1v) is 12.3. The van der Waals surface area contributed by atoms with Crippen molar-refractivity contribution >= 4 is 5.97 Å². The molecule has 0 radical (unpaired) electrons. The van der Waals surface area contributed by atoms with Crippen LogP contribution in [0.2, 0.25) is 0 Å². The lowest BCUT2D eigenvalue weighted by atomic mass is 10.1. The third-order valence-corrected chi connectivity index (χ3v) is 5.43. The molecule has 0 aliphatic heterocycles. The predicted octanol–water partition coefficient (Wildman–Crippen LogP) is 6.55. The van der Waals surface area contributed by atoms with Gasteiger partial charge in [0.2, 0.25) is 0 Å². The highest BCUT2D eigenvalue weighted by Crippen LogP contribution is 2.26. The maximum atomic E-state index is 11.5. The fourth-order valence-electron chi connectivity index (χ4n) is 3.54. The summed E-state index contributed by atoms with van der Waals surface area (Å²) in [7, 11) is 6.70. The molecule has 31 heavy (non-hydrogen) atoms. The van der Waals surface area contributed by atoms with E-state index in [4.69, 9.17) is 9.47 Å². The number of hydrogen-bond acceptors (Lipinski definition) is 3. The zero-order valence-corrected chi connectivity index (χ0v) is 20.5. The summed E-state index contributed by atoms with van der Waals surface area (Å²) in [6.07, 6.45) is 14.3. The summed E-state index contributed by atoms with van der Waals surface area (Å²) in [6.45, 7) is 4.64. The van der Waals surface area contributed by atoms with Crippen LogP contribution in [-0.2, 0) is 0 Å². The van der Waals surface area contributed by atoms with Gasteiger partial charge in [-0.25, -0.2) is 4.79 Å². The van der Waals surface area contributed by atoms with Crippen molar-refractivity contribution in [1.29, 1.82) is 0 Å². The predicted molar refractivity (Wildman–Crippen MR) is 128 cm³/mol. The van der Waals surface area contributed by atoms with Gasteiger partial charge >= 0.3 is 5.97 Å². The number of carboxylic acids is 1. The number of nitrogens with zero attached hydrogens (tertiary/aromatic N) is 1. The molecule has 0 spiro atoms. The number of quaternary nitrogens is 1. The van der Waals surface area contributed by atoms with Gasteiger partial charge in [0.15, 0.2) is 0 Å². The van der Waals surface area contributed by atoms with Crippen molar-refractivity contribution in [2.45, 2.75) is 84.0 Å². The van der Waals surface area contributed by atoms with Crippen molar-refractivity contribution in [3.8, 4) is 11.5 Å². The van der Waals surface area contributed by atoms with Gasteiger partial charge in [-0.15, -0.1) is 0 Å². The van der Waals surface area contributed by atoms with Crippen molar-refractivity contribution in [2.24, 2.45) is 0 Å². The van der Waals surface area contributed by atoms with Crippen LogP contribution in [0, 0.1) is 0 Å². The summed E-state index contributed by atoms with van der Waals surface area (Å²) in [6, 6.07) is 5.04. The highest BCUT2D eigenvalue weighted by atomic mass is 16.5. The second kappa shape index (κ2) is 16.0. The monoisotopic (exact) mass is 436 g/mol. The molecular weight excluding hydrogens is 390 g/mol. The minimum absolute atomic E-state index is 0.201. The Kier molecular flexibility index (Phi) is 14.1. The number of aromatic carboxylic acids is 1. The molecule has 1 rings (SSSR count). The standard InChI is InChI=1S/C26H45NO4/c1-5-6-7-8-12-15-20-30-23-17-18-24(26(28)29)25(22-23)31-21-16-13-10-9-11-14-19-27(2,3)4/h17-18,22H,5-16,19-21H2,1-4H3/p+1. The fourth-order valence-corrected chi connectivity index (χ4v) is 3.54. The van der Waals surface area contributed by atoms with E-state index < -0.39 is 5.97 Å². The SMILES string of the molecule is CCCCCCCCOc1ccc(C(=O)O)c(OCCCCCCCC[N+](C)(C)C)c1. The van der Waals surface area contributed by atoms with E-state index in [1.165, 1.54) is 64.3 Å². The number of rotatable bonds is 19. The van der Waals surface area contributed by atoms with Crippen molar-refractivity contribution in [1.82, 2.24) is 0 Å². The average molecular weight is 437 g/mol. The minimum Gasteiger partial charge on any atom is -0.493 e. The summed E-state index contributed by atoms with van der Waals surface area (Å²) >= 11 is 0. The fraction of sp³-hybridized carbons (Fsp3) is 0.731. The molecule has 1 aromatic carbocycles. The number of carboxylic acid groups (broad SMARTS) is 1. The van der Waals surface area contributed by atoms with E-state index in [-0.39, 0.29) is 5.56 Å². The molecule has 0 aromatic heterocycles. The lowest BCUT2D eigenvalue weighted by molar-refractivity contribution is -0.870. The third-order valence-electron chi connectivity index (χ3n) is 5.43. The van der Waals surface area contributed by atoms with Crippen LogP contribution >= 0.6 is 0 Å². The van der Waals surface area contributed by atoms with E-state index in [0.717, 1.165) is 23.7 Å². The van der Waals surface area contributed by atoms with Crippen LogP contribution in [0.1, 0.15) is 94.3 Å². The van der Waals surface area contributed by atoms with Crippen molar-refractivity contribution in [2.75, 3.05) is 40.9 Å². The summed E-state index contributed by atoms with van der Waals surface area (Å²) in [5.74, 6) is 0.136. The summed E-state index contributed by atoms with van der Waals surface area (Å²) in [5, 5.41) is 9.43. The van der Waals surface area contributed by atoms with E-state index in [9.17, 15) is 9.90 Å². The molecular formula is C26H46NO4+. The lowest BCUT2D eigenvalue weighted by Gasteiger charge is -2.23. The number of carbonyl (C=O) groups is 1. The Morgan fingerprint density at radius 3 is 1.94 bits per heavy atom. The Morgan fingerprint density at radius 1 is 0.806 bits per heavy atom. The average Bonchev–Trinajstić information content (AvgIpc) is 2.71. The Morgan fingerprint density at radius 2 is 1.35 bits per heavy atom. The van der Waals surface area contributed by atoms with Crippen molar-refractivity contribution in [3.05, 3.63) is 23.8 Å². The first-order valence-electron chi connectivity index (χ1n) is 12.3. The molecule has 5 nitrogen and oxygen atoms in total.